The minimum atomic E-state index is -0.361. The standard InChI is InChI=1S/C25H35N3O5/c1-16(2)25(30)33-21-10-6-9-19-22(32-13-12-31-5)14-20(27-23(19)21)24(29)28(17(3)4)18-8-7-11-26-15-18/h6,9-10,14,16-18,26H,7-8,11-13,15H2,1-5H3/t18-/m1/s1. The molecule has 0 bridgehead atoms. The van der Waals surface area contributed by atoms with Crippen molar-refractivity contribution in [1.82, 2.24) is 15.2 Å². The van der Waals surface area contributed by atoms with Gasteiger partial charge in [-0.1, -0.05) is 19.9 Å². The number of pyridine rings is 1. The minimum absolute atomic E-state index is 0.00627. The molecule has 1 aromatic heterocycles. The summed E-state index contributed by atoms with van der Waals surface area (Å²) < 4.78 is 16.7. The van der Waals surface area contributed by atoms with Crippen LogP contribution >= 0.6 is 0 Å². The fourth-order valence-electron chi connectivity index (χ4n) is 3.99. The molecule has 2 aromatic rings. The number of amides is 1. The second kappa shape index (κ2) is 11.4. The number of fused-ring (bicyclic) bond motifs is 1. The van der Waals surface area contributed by atoms with Gasteiger partial charge in [-0.15, -0.1) is 0 Å². The van der Waals surface area contributed by atoms with Crippen molar-refractivity contribution in [3.63, 3.8) is 0 Å². The Morgan fingerprint density at radius 1 is 1.18 bits per heavy atom. The van der Waals surface area contributed by atoms with Crippen molar-refractivity contribution < 1.29 is 23.8 Å². The van der Waals surface area contributed by atoms with Crippen LogP contribution in [-0.2, 0) is 9.53 Å². The average Bonchev–Trinajstić information content (AvgIpc) is 2.79. The van der Waals surface area contributed by atoms with Crippen molar-refractivity contribution in [2.24, 2.45) is 5.92 Å². The molecule has 1 amide bonds. The number of hydrogen-bond acceptors (Lipinski definition) is 7. The number of para-hydroxylation sites is 1. The Bertz CT molecular complexity index is 970. The molecular formula is C25H35N3O5. The number of nitrogens with one attached hydrogen (secondary N) is 1. The largest absolute Gasteiger partial charge is 0.490 e. The first-order valence-electron chi connectivity index (χ1n) is 11.6. The second-order valence-electron chi connectivity index (χ2n) is 8.88. The third-order valence-corrected chi connectivity index (χ3v) is 5.67. The van der Waals surface area contributed by atoms with Gasteiger partial charge in [0.05, 0.1) is 12.5 Å². The third kappa shape index (κ3) is 6.00. The van der Waals surface area contributed by atoms with E-state index in [1.807, 2.05) is 24.8 Å². The van der Waals surface area contributed by atoms with Crippen LogP contribution in [0.15, 0.2) is 24.3 Å². The van der Waals surface area contributed by atoms with E-state index in [4.69, 9.17) is 14.2 Å². The normalized spacial score (nSPS) is 16.3. The van der Waals surface area contributed by atoms with E-state index >= 15 is 0 Å². The average molecular weight is 458 g/mol. The van der Waals surface area contributed by atoms with E-state index in [9.17, 15) is 9.59 Å². The molecule has 0 spiro atoms. The zero-order chi connectivity index (χ0) is 24.0. The quantitative estimate of drug-likeness (QED) is 0.351. The topological polar surface area (TPSA) is 90.0 Å². The summed E-state index contributed by atoms with van der Waals surface area (Å²) in [7, 11) is 1.60. The van der Waals surface area contributed by atoms with E-state index in [2.05, 4.69) is 10.3 Å². The van der Waals surface area contributed by atoms with E-state index in [0.717, 1.165) is 25.9 Å². The van der Waals surface area contributed by atoms with Gasteiger partial charge in [0.25, 0.3) is 5.91 Å². The Labute approximate surface area is 195 Å². The van der Waals surface area contributed by atoms with E-state index in [0.29, 0.717) is 35.6 Å². The summed E-state index contributed by atoms with van der Waals surface area (Å²) in [6.07, 6.45) is 1.96. The Morgan fingerprint density at radius 3 is 2.61 bits per heavy atom. The fourth-order valence-corrected chi connectivity index (χ4v) is 3.99. The van der Waals surface area contributed by atoms with Gasteiger partial charge >= 0.3 is 5.97 Å². The molecule has 8 nitrogen and oxygen atoms in total. The highest BCUT2D eigenvalue weighted by Gasteiger charge is 2.30. The Hall–Kier alpha value is -2.71. The summed E-state index contributed by atoms with van der Waals surface area (Å²) in [5.74, 6) is 0.000990. The van der Waals surface area contributed by atoms with Crippen molar-refractivity contribution >= 4 is 22.8 Å². The van der Waals surface area contributed by atoms with Crippen LogP contribution in [0.5, 0.6) is 11.5 Å². The minimum Gasteiger partial charge on any atom is -0.490 e. The lowest BCUT2D eigenvalue weighted by Gasteiger charge is -2.37. The number of piperidine rings is 1. The number of aromatic nitrogens is 1. The van der Waals surface area contributed by atoms with Crippen LogP contribution in [0.2, 0.25) is 0 Å². The Kier molecular flexibility index (Phi) is 8.63. The summed E-state index contributed by atoms with van der Waals surface area (Å²) in [5, 5.41) is 4.06. The Balaban J connectivity index is 2.07. The molecule has 1 saturated heterocycles. The van der Waals surface area contributed by atoms with Crippen LogP contribution in [0.4, 0.5) is 0 Å². The number of carbonyl (C=O) groups is 2. The number of methoxy groups -OCH3 is 1. The first-order valence-corrected chi connectivity index (χ1v) is 11.6. The molecule has 1 atom stereocenters. The van der Waals surface area contributed by atoms with E-state index < -0.39 is 0 Å². The number of rotatable bonds is 9. The molecule has 1 N–H and O–H groups in total. The van der Waals surface area contributed by atoms with Crippen molar-refractivity contribution in [3.05, 3.63) is 30.0 Å². The highest BCUT2D eigenvalue weighted by atomic mass is 16.5. The predicted molar refractivity (Wildman–Crippen MR) is 127 cm³/mol. The summed E-state index contributed by atoms with van der Waals surface area (Å²) in [6.45, 7) is 10.0. The predicted octanol–water partition coefficient (Wildman–Crippen LogP) is 3.42. The van der Waals surface area contributed by atoms with Crippen LogP contribution in [0.25, 0.3) is 10.9 Å². The lowest BCUT2D eigenvalue weighted by molar-refractivity contribution is -0.137. The van der Waals surface area contributed by atoms with Crippen LogP contribution in [0, 0.1) is 5.92 Å². The summed E-state index contributed by atoms with van der Waals surface area (Å²) in [5.41, 5.74) is 0.692. The molecule has 0 saturated carbocycles. The maximum atomic E-state index is 13.7. The van der Waals surface area contributed by atoms with Gasteiger partial charge in [0.15, 0.2) is 5.75 Å². The highest BCUT2D eigenvalue weighted by molar-refractivity contribution is 5.99. The van der Waals surface area contributed by atoms with E-state index in [1.165, 1.54) is 0 Å². The summed E-state index contributed by atoms with van der Waals surface area (Å²) in [6, 6.07) is 7.10. The highest BCUT2D eigenvalue weighted by Crippen LogP contribution is 2.33. The number of benzene rings is 1. The summed E-state index contributed by atoms with van der Waals surface area (Å²) in [4.78, 5) is 32.6. The molecule has 0 radical (unpaired) electrons. The Morgan fingerprint density at radius 2 is 1.97 bits per heavy atom. The van der Waals surface area contributed by atoms with Gasteiger partial charge in [0.1, 0.15) is 23.6 Å². The third-order valence-electron chi connectivity index (χ3n) is 5.67. The van der Waals surface area contributed by atoms with Crippen LogP contribution in [0.3, 0.4) is 0 Å². The first kappa shape index (κ1) is 24.9. The number of esters is 1. The van der Waals surface area contributed by atoms with Gasteiger partial charge < -0.3 is 24.4 Å². The van der Waals surface area contributed by atoms with Crippen LogP contribution in [-0.4, -0.2) is 67.3 Å². The van der Waals surface area contributed by atoms with Crippen molar-refractivity contribution in [1.29, 1.82) is 0 Å². The zero-order valence-corrected chi connectivity index (χ0v) is 20.2. The van der Waals surface area contributed by atoms with Gasteiger partial charge in [0.2, 0.25) is 0 Å². The SMILES string of the molecule is COCCOc1cc(C(=O)N(C(C)C)[C@@H]2CCCNC2)nc2c(OC(=O)C(C)C)cccc12. The summed E-state index contributed by atoms with van der Waals surface area (Å²) >= 11 is 0. The lowest BCUT2D eigenvalue weighted by atomic mass is 10.0. The maximum absolute atomic E-state index is 13.7. The smallest absolute Gasteiger partial charge is 0.313 e. The molecule has 8 heteroatoms. The molecule has 0 unspecified atom stereocenters. The van der Waals surface area contributed by atoms with E-state index in [-0.39, 0.29) is 35.6 Å². The number of nitrogens with zero attached hydrogens (tertiary/aromatic N) is 2. The molecule has 1 aliphatic rings. The molecule has 0 aliphatic carbocycles. The van der Waals surface area contributed by atoms with Gasteiger partial charge in [0, 0.05) is 37.2 Å². The van der Waals surface area contributed by atoms with Crippen molar-refractivity contribution in [2.45, 2.75) is 52.6 Å². The lowest BCUT2D eigenvalue weighted by Crippen LogP contribution is -2.51. The van der Waals surface area contributed by atoms with Crippen LogP contribution < -0.4 is 14.8 Å². The monoisotopic (exact) mass is 457 g/mol. The van der Waals surface area contributed by atoms with Gasteiger partial charge in [-0.2, -0.15) is 0 Å². The number of hydrogen-bond donors (Lipinski definition) is 1. The van der Waals surface area contributed by atoms with Gasteiger partial charge in [-0.05, 0) is 45.4 Å². The molecule has 3 rings (SSSR count). The zero-order valence-electron chi connectivity index (χ0n) is 20.2. The molecule has 1 aromatic carbocycles. The van der Waals surface area contributed by atoms with Crippen LogP contribution in [0.1, 0.15) is 51.0 Å². The number of carbonyl (C=O) groups excluding carboxylic acids is 2. The molecular weight excluding hydrogens is 422 g/mol. The second-order valence-corrected chi connectivity index (χ2v) is 8.88. The van der Waals surface area contributed by atoms with Crippen molar-refractivity contribution in [2.75, 3.05) is 33.4 Å². The molecule has 1 fully saturated rings. The van der Waals surface area contributed by atoms with Gasteiger partial charge in [-0.25, -0.2) is 4.98 Å². The fraction of sp³-hybridized carbons (Fsp3) is 0.560. The molecule has 180 valence electrons. The molecule has 33 heavy (non-hydrogen) atoms. The molecule has 1 aliphatic heterocycles. The van der Waals surface area contributed by atoms with Gasteiger partial charge in [-0.3, -0.25) is 9.59 Å². The molecule has 2 heterocycles. The van der Waals surface area contributed by atoms with Crippen molar-refractivity contribution in [3.8, 4) is 11.5 Å². The number of ether oxygens (including phenoxy) is 3. The van der Waals surface area contributed by atoms with E-state index in [1.54, 1.807) is 39.2 Å². The maximum Gasteiger partial charge on any atom is 0.313 e. The first-order chi connectivity index (χ1) is 15.8.